The van der Waals surface area contributed by atoms with E-state index in [1.165, 1.54) is 6.07 Å². The molecule has 0 aliphatic carbocycles. The van der Waals surface area contributed by atoms with Gasteiger partial charge in [-0.1, -0.05) is 28.1 Å². The molecule has 21 heavy (non-hydrogen) atoms. The number of carbonyl (C=O) groups excluding carboxylic acids is 1. The number of halogens is 1. The van der Waals surface area contributed by atoms with Crippen LogP contribution in [0, 0.1) is 0 Å². The number of benzene rings is 1. The summed E-state index contributed by atoms with van der Waals surface area (Å²) in [5.74, 6) is -0.164. The molecule has 0 atom stereocenters. The van der Waals surface area contributed by atoms with Crippen LogP contribution in [-0.4, -0.2) is 45.0 Å². The lowest BCUT2D eigenvalue weighted by Gasteiger charge is -2.40. The minimum absolute atomic E-state index is 0.00887. The number of thioether (sulfide) groups is 1. The molecular formula is C14H17BrN2O2S2. The number of nitrogens with two attached hydrogens (primary N) is 1. The Balaban J connectivity index is 2.12. The van der Waals surface area contributed by atoms with Crippen molar-refractivity contribution in [1.29, 1.82) is 0 Å². The van der Waals surface area contributed by atoms with Gasteiger partial charge in [0.1, 0.15) is 5.75 Å². The van der Waals surface area contributed by atoms with Crippen LogP contribution in [0.3, 0.4) is 0 Å². The number of hydrogen-bond donors (Lipinski definition) is 2. The third kappa shape index (κ3) is 3.35. The third-order valence-corrected chi connectivity index (χ3v) is 6.31. The number of thiocarbonyl (C=S) groups is 1. The van der Waals surface area contributed by atoms with Crippen molar-refractivity contribution in [2.75, 3.05) is 19.3 Å². The van der Waals surface area contributed by atoms with Crippen molar-refractivity contribution in [3.8, 4) is 5.75 Å². The Bertz CT molecular complexity index is 572. The highest BCUT2D eigenvalue weighted by Crippen LogP contribution is 2.35. The molecule has 1 aromatic carbocycles. The van der Waals surface area contributed by atoms with E-state index < -0.39 is 0 Å². The second-order valence-electron chi connectivity index (χ2n) is 5.02. The molecule has 0 radical (unpaired) electrons. The number of likely N-dealkylation sites (tertiary alicyclic amines) is 1. The van der Waals surface area contributed by atoms with Gasteiger partial charge in [-0.3, -0.25) is 4.79 Å². The van der Waals surface area contributed by atoms with Gasteiger partial charge in [0.15, 0.2) is 0 Å². The number of phenols is 1. The van der Waals surface area contributed by atoms with Gasteiger partial charge < -0.3 is 15.7 Å². The van der Waals surface area contributed by atoms with Gasteiger partial charge in [0, 0.05) is 17.6 Å². The maximum Gasteiger partial charge on any atom is 0.257 e. The van der Waals surface area contributed by atoms with Crippen molar-refractivity contribution in [2.45, 2.75) is 17.6 Å². The van der Waals surface area contributed by atoms with E-state index in [0.29, 0.717) is 23.6 Å². The topological polar surface area (TPSA) is 66.6 Å². The summed E-state index contributed by atoms with van der Waals surface area (Å²) in [6.07, 6.45) is 3.48. The van der Waals surface area contributed by atoms with Gasteiger partial charge in [-0.25, -0.2) is 0 Å². The van der Waals surface area contributed by atoms with Crippen LogP contribution in [0.4, 0.5) is 0 Å². The monoisotopic (exact) mass is 388 g/mol. The van der Waals surface area contributed by atoms with Gasteiger partial charge in [-0.15, -0.1) is 0 Å². The molecule has 1 heterocycles. The molecule has 0 aromatic heterocycles. The normalized spacial score (nSPS) is 17.5. The van der Waals surface area contributed by atoms with Gasteiger partial charge in [0.05, 0.1) is 15.3 Å². The summed E-state index contributed by atoms with van der Waals surface area (Å²) in [5.41, 5.74) is 6.17. The van der Waals surface area contributed by atoms with Crippen molar-refractivity contribution in [2.24, 2.45) is 5.73 Å². The van der Waals surface area contributed by atoms with Crippen molar-refractivity contribution < 1.29 is 9.90 Å². The minimum atomic E-state index is -0.214. The lowest BCUT2D eigenvalue weighted by atomic mass is 9.95. The summed E-state index contributed by atoms with van der Waals surface area (Å²) in [5, 5.41) is 9.91. The molecule has 1 amide bonds. The lowest BCUT2D eigenvalue weighted by molar-refractivity contribution is 0.0716. The zero-order valence-corrected chi connectivity index (χ0v) is 14.9. The molecule has 7 heteroatoms. The van der Waals surface area contributed by atoms with E-state index >= 15 is 0 Å². The van der Waals surface area contributed by atoms with E-state index in [1.54, 1.807) is 28.8 Å². The third-order valence-electron chi connectivity index (χ3n) is 3.89. The Kier molecular flexibility index (Phi) is 5.16. The summed E-state index contributed by atoms with van der Waals surface area (Å²) < 4.78 is 0.526. The summed E-state index contributed by atoms with van der Waals surface area (Å²) in [7, 11) is 0. The van der Waals surface area contributed by atoms with Crippen molar-refractivity contribution in [3.63, 3.8) is 0 Å². The minimum Gasteiger partial charge on any atom is -0.507 e. The van der Waals surface area contributed by atoms with Gasteiger partial charge in [0.25, 0.3) is 5.91 Å². The zero-order valence-electron chi connectivity index (χ0n) is 11.6. The molecule has 3 N–H and O–H groups in total. The number of nitrogens with zero attached hydrogens (tertiary/aromatic N) is 1. The Hall–Kier alpha value is -0.790. The van der Waals surface area contributed by atoms with Crippen LogP contribution in [0.15, 0.2) is 22.7 Å². The highest BCUT2D eigenvalue weighted by atomic mass is 79.9. The molecular weight excluding hydrogens is 372 g/mol. The smallest absolute Gasteiger partial charge is 0.257 e. The number of aromatic hydroxyl groups is 1. The molecule has 0 saturated carbocycles. The first-order valence-corrected chi connectivity index (χ1v) is 8.95. The van der Waals surface area contributed by atoms with Crippen LogP contribution < -0.4 is 5.73 Å². The highest BCUT2D eigenvalue weighted by molar-refractivity contribution is 9.10. The fourth-order valence-electron chi connectivity index (χ4n) is 2.48. The first kappa shape index (κ1) is 16.6. The van der Waals surface area contributed by atoms with E-state index in [-0.39, 0.29) is 16.4 Å². The summed E-state index contributed by atoms with van der Waals surface area (Å²) in [4.78, 5) is 14.7. The zero-order chi connectivity index (χ0) is 15.6. The van der Waals surface area contributed by atoms with Crippen LogP contribution in [0.5, 0.6) is 5.75 Å². The Morgan fingerprint density at radius 3 is 2.57 bits per heavy atom. The molecule has 114 valence electrons. The number of phenolic OH excluding ortho intramolecular Hbond substituents is 1. The molecule has 1 saturated heterocycles. The molecule has 0 unspecified atom stereocenters. The molecule has 1 aromatic rings. The average Bonchev–Trinajstić information content (AvgIpc) is 2.46. The van der Waals surface area contributed by atoms with E-state index in [2.05, 4.69) is 15.9 Å². The molecule has 1 aliphatic rings. The standard InChI is InChI=1S/C14H17BrN2O2S2/c1-21-14(13(16)20)4-6-17(7-5-14)12(19)10-3-2-9(15)8-11(10)18/h2-3,8,18H,4-7H2,1H3,(H2,16,20). The first-order chi connectivity index (χ1) is 9.89. The van der Waals surface area contributed by atoms with E-state index in [9.17, 15) is 9.90 Å². The largest absolute Gasteiger partial charge is 0.507 e. The summed E-state index contributed by atoms with van der Waals surface area (Å²) in [6, 6.07) is 4.90. The number of carbonyl (C=O) groups is 1. The predicted molar refractivity (Wildman–Crippen MR) is 94.0 cm³/mol. The Labute approximate surface area is 142 Å². The van der Waals surface area contributed by atoms with Crippen LogP contribution in [0.25, 0.3) is 0 Å². The van der Waals surface area contributed by atoms with Gasteiger partial charge in [-0.2, -0.15) is 11.8 Å². The fraction of sp³-hybridized carbons (Fsp3) is 0.429. The van der Waals surface area contributed by atoms with Crippen LogP contribution in [-0.2, 0) is 0 Å². The Morgan fingerprint density at radius 1 is 1.48 bits per heavy atom. The fourth-order valence-corrected chi connectivity index (χ4v) is 4.07. The number of hydrogen-bond acceptors (Lipinski definition) is 4. The number of amides is 1. The maximum absolute atomic E-state index is 12.5. The van der Waals surface area contributed by atoms with Crippen molar-refractivity contribution >= 4 is 50.8 Å². The summed E-state index contributed by atoms with van der Waals surface area (Å²) >= 11 is 10.1. The molecule has 4 nitrogen and oxygen atoms in total. The molecule has 2 rings (SSSR count). The average molecular weight is 389 g/mol. The SMILES string of the molecule is CSC1(C(N)=S)CCN(C(=O)c2ccc(Br)cc2O)CC1. The van der Waals surface area contributed by atoms with E-state index in [4.69, 9.17) is 18.0 Å². The van der Waals surface area contributed by atoms with Crippen LogP contribution in [0.2, 0.25) is 0 Å². The van der Waals surface area contributed by atoms with Gasteiger partial charge in [0.2, 0.25) is 0 Å². The maximum atomic E-state index is 12.5. The van der Waals surface area contributed by atoms with Gasteiger partial charge >= 0.3 is 0 Å². The van der Waals surface area contributed by atoms with Crippen molar-refractivity contribution in [1.82, 2.24) is 4.90 Å². The number of rotatable bonds is 3. The van der Waals surface area contributed by atoms with Gasteiger partial charge in [-0.05, 0) is 37.3 Å². The number of piperidine rings is 1. The van der Waals surface area contributed by atoms with Crippen molar-refractivity contribution in [3.05, 3.63) is 28.2 Å². The predicted octanol–water partition coefficient (Wildman–Crippen LogP) is 2.78. The summed E-state index contributed by atoms with van der Waals surface area (Å²) in [6.45, 7) is 1.18. The quantitative estimate of drug-likeness (QED) is 0.779. The lowest BCUT2D eigenvalue weighted by Crippen LogP contribution is -2.50. The first-order valence-electron chi connectivity index (χ1n) is 6.52. The highest BCUT2D eigenvalue weighted by Gasteiger charge is 2.38. The second-order valence-corrected chi connectivity index (χ2v) is 7.56. The molecule has 0 bridgehead atoms. The molecule has 1 fully saturated rings. The molecule has 1 aliphatic heterocycles. The van der Waals surface area contributed by atoms with Crippen LogP contribution in [0.1, 0.15) is 23.2 Å². The van der Waals surface area contributed by atoms with E-state index in [0.717, 1.165) is 17.3 Å². The van der Waals surface area contributed by atoms with Crippen LogP contribution >= 0.6 is 39.9 Å². The Morgan fingerprint density at radius 2 is 2.10 bits per heavy atom. The molecule has 0 spiro atoms. The second kappa shape index (κ2) is 6.54. The van der Waals surface area contributed by atoms with E-state index in [1.807, 2.05) is 6.26 Å².